The molecule has 0 aromatic heterocycles. The van der Waals surface area contributed by atoms with E-state index in [1.807, 2.05) is 0 Å². The van der Waals surface area contributed by atoms with E-state index in [2.05, 4.69) is 23.9 Å². The van der Waals surface area contributed by atoms with E-state index in [0.29, 0.717) is 0 Å². The van der Waals surface area contributed by atoms with Crippen LogP contribution in [0, 0.1) is 0 Å². The van der Waals surface area contributed by atoms with Crippen LogP contribution in [-0.2, 0) is 0 Å². The van der Waals surface area contributed by atoms with Crippen molar-refractivity contribution in [2.45, 2.75) is 26.2 Å². The Hall–Kier alpha value is -0.340. The molecule has 0 aromatic carbocycles. The van der Waals surface area contributed by atoms with Gasteiger partial charge in [-0.2, -0.15) is 0 Å². The number of hydrogen-bond acceptors (Lipinski definition) is 2. The molecule has 1 aliphatic heterocycles. The molecule has 0 fully saturated rings. The largest absolute Gasteiger partial charge is 0.258 e. The molecular weight excluding hydrogens is 124 g/mol. The highest BCUT2D eigenvalue weighted by molar-refractivity contribution is 5.02. The Bertz CT molecular complexity index is 118. The number of nitrogens with one attached hydrogen (secondary N) is 2. The molecule has 0 bridgehead atoms. The maximum absolute atomic E-state index is 3.16. The minimum Gasteiger partial charge on any atom is -0.258 e. The fraction of sp³-hybridized carbons (Fsp3) is 0.750. The molecule has 0 saturated heterocycles. The lowest BCUT2D eigenvalue weighted by Crippen LogP contribution is -2.34. The lowest BCUT2D eigenvalue weighted by atomic mass is 10.1. The molecule has 0 aromatic rings. The third-order valence-corrected chi connectivity index (χ3v) is 1.85. The van der Waals surface area contributed by atoms with Crippen molar-refractivity contribution in [2.24, 2.45) is 0 Å². The molecule has 0 aliphatic carbocycles. The van der Waals surface area contributed by atoms with Crippen molar-refractivity contribution in [3.05, 3.63) is 11.6 Å². The zero-order valence-corrected chi connectivity index (χ0v) is 6.61. The summed E-state index contributed by atoms with van der Waals surface area (Å²) in [6.07, 6.45) is 5.93. The number of rotatable bonds is 1. The van der Waals surface area contributed by atoms with Crippen molar-refractivity contribution in [2.75, 3.05) is 13.1 Å². The first-order valence-corrected chi connectivity index (χ1v) is 4.07. The normalized spacial score (nSPS) is 21.1. The summed E-state index contributed by atoms with van der Waals surface area (Å²) >= 11 is 0. The standard InChI is InChI=1S/C8H16N2/c1-2-8-4-3-6-9-10-7-5-8/h4,9-10H,2-3,5-7H2,1H3. The Morgan fingerprint density at radius 1 is 1.40 bits per heavy atom. The van der Waals surface area contributed by atoms with Crippen molar-refractivity contribution >= 4 is 0 Å². The zero-order chi connectivity index (χ0) is 7.23. The molecule has 10 heavy (non-hydrogen) atoms. The Balaban J connectivity index is 2.35. The van der Waals surface area contributed by atoms with Crippen LogP contribution >= 0.6 is 0 Å². The van der Waals surface area contributed by atoms with Crippen LogP contribution in [-0.4, -0.2) is 13.1 Å². The van der Waals surface area contributed by atoms with Crippen molar-refractivity contribution in [3.8, 4) is 0 Å². The summed E-state index contributed by atoms with van der Waals surface area (Å²) in [5.74, 6) is 0. The van der Waals surface area contributed by atoms with Crippen molar-refractivity contribution in [1.29, 1.82) is 0 Å². The van der Waals surface area contributed by atoms with Gasteiger partial charge in [0.25, 0.3) is 0 Å². The van der Waals surface area contributed by atoms with Crippen molar-refractivity contribution < 1.29 is 0 Å². The fourth-order valence-corrected chi connectivity index (χ4v) is 1.17. The van der Waals surface area contributed by atoms with E-state index in [-0.39, 0.29) is 0 Å². The minimum atomic E-state index is 1.06. The highest BCUT2D eigenvalue weighted by Gasteiger charge is 1.96. The summed E-state index contributed by atoms with van der Waals surface area (Å²) in [7, 11) is 0. The van der Waals surface area contributed by atoms with Gasteiger partial charge in [0, 0.05) is 13.1 Å². The maximum Gasteiger partial charge on any atom is 0.0137 e. The van der Waals surface area contributed by atoms with Gasteiger partial charge in [0.2, 0.25) is 0 Å². The molecule has 1 heterocycles. The number of hydrazine groups is 1. The lowest BCUT2D eigenvalue weighted by Gasteiger charge is -2.11. The third-order valence-electron chi connectivity index (χ3n) is 1.85. The Labute approximate surface area is 62.7 Å². The molecule has 2 nitrogen and oxygen atoms in total. The highest BCUT2D eigenvalue weighted by Crippen LogP contribution is 2.06. The van der Waals surface area contributed by atoms with Gasteiger partial charge in [0.15, 0.2) is 0 Å². The first kappa shape index (κ1) is 7.76. The quantitative estimate of drug-likeness (QED) is 0.535. The van der Waals surface area contributed by atoms with Crippen LogP contribution in [0.25, 0.3) is 0 Å². The summed E-state index contributed by atoms with van der Waals surface area (Å²) < 4.78 is 0. The highest BCUT2D eigenvalue weighted by atomic mass is 15.3. The lowest BCUT2D eigenvalue weighted by molar-refractivity contribution is 0.525. The van der Waals surface area contributed by atoms with Gasteiger partial charge in [0.1, 0.15) is 0 Å². The van der Waals surface area contributed by atoms with Crippen LogP contribution in [0.5, 0.6) is 0 Å². The summed E-state index contributed by atoms with van der Waals surface area (Å²) in [6.45, 7) is 4.35. The second kappa shape index (κ2) is 4.47. The summed E-state index contributed by atoms with van der Waals surface area (Å²) in [4.78, 5) is 0. The predicted molar refractivity (Wildman–Crippen MR) is 43.6 cm³/mol. The molecule has 0 saturated carbocycles. The zero-order valence-electron chi connectivity index (χ0n) is 6.61. The first-order chi connectivity index (χ1) is 4.93. The van der Waals surface area contributed by atoms with E-state index in [1.165, 1.54) is 12.8 Å². The Kier molecular flexibility index (Phi) is 3.47. The maximum atomic E-state index is 3.16. The van der Waals surface area contributed by atoms with E-state index in [9.17, 15) is 0 Å². The first-order valence-electron chi connectivity index (χ1n) is 4.07. The molecule has 58 valence electrons. The van der Waals surface area contributed by atoms with Gasteiger partial charge in [0.05, 0.1) is 0 Å². The Morgan fingerprint density at radius 3 is 3.00 bits per heavy atom. The van der Waals surface area contributed by atoms with Gasteiger partial charge in [-0.05, 0) is 19.3 Å². The van der Waals surface area contributed by atoms with Crippen LogP contribution in [0.2, 0.25) is 0 Å². The summed E-state index contributed by atoms with van der Waals surface area (Å²) in [5.41, 5.74) is 7.89. The van der Waals surface area contributed by atoms with Crippen LogP contribution < -0.4 is 10.9 Å². The minimum absolute atomic E-state index is 1.06. The monoisotopic (exact) mass is 140 g/mol. The molecule has 0 atom stereocenters. The molecule has 2 N–H and O–H groups in total. The molecule has 1 rings (SSSR count). The fourth-order valence-electron chi connectivity index (χ4n) is 1.17. The third kappa shape index (κ3) is 2.50. The average Bonchev–Trinajstić information content (AvgIpc) is 1.87. The second-order valence-electron chi connectivity index (χ2n) is 2.61. The van der Waals surface area contributed by atoms with E-state index in [4.69, 9.17) is 0 Å². The van der Waals surface area contributed by atoms with E-state index >= 15 is 0 Å². The molecule has 0 radical (unpaired) electrons. The smallest absolute Gasteiger partial charge is 0.0137 e. The van der Waals surface area contributed by atoms with Gasteiger partial charge < -0.3 is 0 Å². The van der Waals surface area contributed by atoms with Crippen LogP contribution in [0.4, 0.5) is 0 Å². The number of hydrogen-bond donors (Lipinski definition) is 2. The average molecular weight is 140 g/mol. The molecule has 1 aliphatic rings. The Morgan fingerprint density at radius 2 is 2.20 bits per heavy atom. The second-order valence-corrected chi connectivity index (χ2v) is 2.61. The summed E-state index contributed by atoms with van der Waals surface area (Å²) in [6, 6.07) is 0. The van der Waals surface area contributed by atoms with E-state index < -0.39 is 0 Å². The molecule has 0 unspecified atom stereocenters. The van der Waals surface area contributed by atoms with Crippen molar-refractivity contribution in [1.82, 2.24) is 10.9 Å². The predicted octanol–water partition coefficient (Wildman–Crippen LogP) is 1.21. The SMILES string of the molecule is CCC1=CCCNNCC1. The van der Waals surface area contributed by atoms with Gasteiger partial charge in [-0.15, -0.1) is 0 Å². The van der Waals surface area contributed by atoms with Gasteiger partial charge >= 0.3 is 0 Å². The van der Waals surface area contributed by atoms with E-state index in [0.717, 1.165) is 19.5 Å². The summed E-state index contributed by atoms with van der Waals surface area (Å²) in [5, 5.41) is 0. The van der Waals surface area contributed by atoms with Crippen LogP contribution in [0.3, 0.4) is 0 Å². The van der Waals surface area contributed by atoms with Gasteiger partial charge in [-0.3, -0.25) is 10.9 Å². The van der Waals surface area contributed by atoms with Gasteiger partial charge in [-0.25, -0.2) is 0 Å². The van der Waals surface area contributed by atoms with Crippen LogP contribution in [0.15, 0.2) is 11.6 Å². The molecular formula is C8H16N2. The molecule has 2 heteroatoms. The molecule has 0 spiro atoms. The molecule has 0 amide bonds. The van der Waals surface area contributed by atoms with Crippen LogP contribution in [0.1, 0.15) is 26.2 Å². The van der Waals surface area contributed by atoms with Gasteiger partial charge in [-0.1, -0.05) is 18.6 Å². The van der Waals surface area contributed by atoms with E-state index in [1.54, 1.807) is 5.57 Å². The van der Waals surface area contributed by atoms with Crippen molar-refractivity contribution in [3.63, 3.8) is 0 Å². The topological polar surface area (TPSA) is 24.1 Å².